The Balaban J connectivity index is 1.67. The van der Waals surface area contributed by atoms with Crippen molar-refractivity contribution in [2.45, 2.75) is 38.0 Å². The molecule has 1 atom stereocenters. The Labute approximate surface area is 133 Å². The molecule has 1 aliphatic carbocycles. The Hall–Kier alpha value is -1.56. The monoisotopic (exact) mass is 327 g/mol. The number of carbonyl (C=O) groups is 1. The summed E-state index contributed by atoms with van der Waals surface area (Å²) in [6.07, 6.45) is -0.596. The second-order valence-corrected chi connectivity index (χ2v) is 6.24. The smallest absolute Gasteiger partial charge is 0.370 e. The van der Waals surface area contributed by atoms with E-state index in [0.717, 1.165) is 37.8 Å². The van der Waals surface area contributed by atoms with E-state index in [9.17, 15) is 18.0 Å². The number of halogens is 3. The number of nitrogens with zero attached hydrogens (tertiary/aromatic N) is 1. The number of hydrogen-bond donors (Lipinski definition) is 0. The zero-order valence-electron chi connectivity index (χ0n) is 12.8. The highest BCUT2D eigenvalue weighted by molar-refractivity contribution is 5.79. The van der Waals surface area contributed by atoms with Crippen molar-refractivity contribution < 1.29 is 22.7 Å². The second-order valence-electron chi connectivity index (χ2n) is 6.24. The van der Waals surface area contributed by atoms with Crippen LogP contribution in [0.3, 0.4) is 0 Å². The largest absolute Gasteiger partial charge is 0.416 e. The molecular formula is C17H20F3NO2. The van der Waals surface area contributed by atoms with E-state index in [0.29, 0.717) is 25.3 Å². The zero-order valence-corrected chi connectivity index (χ0v) is 12.8. The number of rotatable bonds is 2. The first-order valence-electron chi connectivity index (χ1n) is 8.02. The van der Waals surface area contributed by atoms with Crippen molar-refractivity contribution in [1.29, 1.82) is 0 Å². The highest BCUT2D eigenvalue weighted by atomic mass is 19.4. The van der Waals surface area contributed by atoms with Gasteiger partial charge in [0.15, 0.2) is 0 Å². The number of ether oxygens (including phenoxy) is 1. The fourth-order valence-electron chi connectivity index (χ4n) is 3.37. The highest BCUT2D eigenvalue weighted by Crippen LogP contribution is 2.32. The number of morpholine rings is 1. The topological polar surface area (TPSA) is 29.5 Å². The molecule has 6 heteroatoms. The van der Waals surface area contributed by atoms with Crippen LogP contribution in [0.4, 0.5) is 13.2 Å². The van der Waals surface area contributed by atoms with Crippen molar-refractivity contribution in [1.82, 2.24) is 4.90 Å². The fourth-order valence-corrected chi connectivity index (χ4v) is 3.37. The summed E-state index contributed by atoms with van der Waals surface area (Å²) in [6.45, 7) is 1.40. The Kier molecular flexibility index (Phi) is 4.62. The van der Waals surface area contributed by atoms with Crippen LogP contribution in [-0.4, -0.2) is 30.5 Å². The molecule has 2 aliphatic rings. The van der Waals surface area contributed by atoms with Crippen LogP contribution in [0.5, 0.6) is 0 Å². The minimum atomic E-state index is -4.34. The molecule has 23 heavy (non-hydrogen) atoms. The summed E-state index contributed by atoms with van der Waals surface area (Å²) in [5.74, 6) is 0.282. The van der Waals surface area contributed by atoms with E-state index in [2.05, 4.69) is 0 Å². The van der Waals surface area contributed by atoms with Crippen LogP contribution in [-0.2, 0) is 15.7 Å². The van der Waals surface area contributed by atoms with E-state index in [1.807, 2.05) is 4.90 Å². The molecular weight excluding hydrogens is 307 g/mol. The third-order valence-electron chi connectivity index (χ3n) is 4.69. The highest BCUT2D eigenvalue weighted by Gasteiger charge is 2.33. The van der Waals surface area contributed by atoms with Gasteiger partial charge < -0.3 is 9.64 Å². The first-order chi connectivity index (χ1) is 10.9. The van der Waals surface area contributed by atoms with Crippen molar-refractivity contribution >= 4 is 5.91 Å². The van der Waals surface area contributed by atoms with E-state index in [-0.39, 0.29) is 17.9 Å². The van der Waals surface area contributed by atoms with Crippen LogP contribution in [0.25, 0.3) is 0 Å². The van der Waals surface area contributed by atoms with Crippen LogP contribution in [0.1, 0.15) is 42.9 Å². The number of carbonyl (C=O) groups excluding carboxylic acids is 1. The van der Waals surface area contributed by atoms with Gasteiger partial charge in [0.25, 0.3) is 0 Å². The van der Waals surface area contributed by atoms with Crippen LogP contribution in [0.2, 0.25) is 0 Å². The summed E-state index contributed by atoms with van der Waals surface area (Å²) in [5, 5.41) is 0. The van der Waals surface area contributed by atoms with Crippen LogP contribution in [0.15, 0.2) is 24.3 Å². The Morgan fingerprint density at radius 2 is 1.78 bits per heavy atom. The Morgan fingerprint density at radius 1 is 1.13 bits per heavy atom. The SMILES string of the molecule is O=C(C1CCCC1)N1CCO[C@@H](c2ccc(C(F)(F)F)cc2)C1. The maximum atomic E-state index is 12.6. The molecule has 1 aromatic carbocycles. The molecule has 1 aromatic rings. The molecule has 0 bridgehead atoms. The predicted molar refractivity (Wildman–Crippen MR) is 78.7 cm³/mol. The summed E-state index contributed by atoms with van der Waals surface area (Å²) in [4.78, 5) is 14.3. The van der Waals surface area contributed by atoms with Gasteiger partial charge in [-0.3, -0.25) is 4.79 Å². The molecule has 1 aliphatic heterocycles. The number of alkyl halides is 3. The maximum Gasteiger partial charge on any atom is 0.416 e. The van der Waals surface area contributed by atoms with E-state index in [1.165, 1.54) is 12.1 Å². The van der Waals surface area contributed by atoms with Gasteiger partial charge in [-0.2, -0.15) is 13.2 Å². The fraction of sp³-hybridized carbons (Fsp3) is 0.588. The van der Waals surface area contributed by atoms with Gasteiger partial charge in [-0.25, -0.2) is 0 Å². The third kappa shape index (κ3) is 3.68. The van der Waals surface area contributed by atoms with Crippen molar-refractivity contribution in [2.75, 3.05) is 19.7 Å². The maximum absolute atomic E-state index is 12.6. The Morgan fingerprint density at radius 3 is 2.39 bits per heavy atom. The van der Waals surface area contributed by atoms with E-state index >= 15 is 0 Å². The quantitative estimate of drug-likeness (QED) is 0.827. The Bertz CT molecular complexity index is 550. The molecule has 0 radical (unpaired) electrons. The van der Waals surface area contributed by atoms with Gasteiger partial charge in [0.2, 0.25) is 5.91 Å². The normalized spacial score (nSPS) is 23.3. The first-order valence-corrected chi connectivity index (χ1v) is 8.02. The van der Waals surface area contributed by atoms with Gasteiger partial charge in [-0.05, 0) is 30.5 Å². The average Bonchev–Trinajstić information content (AvgIpc) is 3.08. The molecule has 1 saturated carbocycles. The van der Waals surface area contributed by atoms with Gasteiger partial charge in [-0.15, -0.1) is 0 Å². The molecule has 3 rings (SSSR count). The van der Waals surface area contributed by atoms with Gasteiger partial charge in [0.1, 0.15) is 6.10 Å². The molecule has 2 fully saturated rings. The zero-order chi connectivity index (χ0) is 16.4. The summed E-state index contributed by atoms with van der Waals surface area (Å²) in [7, 11) is 0. The average molecular weight is 327 g/mol. The minimum Gasteiger partial charge on any atom is -0.370 e. The van der Waals surface area contributed by atoms with Gasteiger partial charge >= 0.3 is 6.18 Å². The first kappa shape index (κ1) is 16.3. The predicted octanol–water partition coefficient (Wildman–Crippen LogP) is 3.80. The molecule has 0 N–H and O–H groups in total. The number of benzene rings is 1. The lowest BCUT2D eigenvalue weighted by Gasteiger charge is -2.34. The van der Waals surface area contributed by atoms with Crippen LogP contribution < -0.4 is 0 Å². The second kappa shape index (κ2) is 6.51. The summed E-state index contributed by atoms with van der Waals surface area (Å²) in [6, 6.07) is 5.01. The lowest BCUT2D eigenvalue weighted by Crippen LogP contribution is -2.44. The molecule has 1 saturated heterocycles. The van der Waals surface area contributed by atoms with Gasteiger partial charge in [-0.1, -0.05) is 25.0 Å². The van der Waals surface area contributed by atoms with E-state index in [1.54, 1.807) is 0 Å². The minimum absolute atomic E-state index is 0.112. The molecule has 1 heterocycles. The van der Waals surface area contributed by atoms with Crippen LogP contribution in [0, 0.1) is 5.92 Å². The van der Waals surface area contributed by atoms with E-state index < -0.39 is 11.7 Å². The summed E-state index contributed by atoms with van der Waals surface area (Å²) < 4.78 is 43.5. The summed E-state index contributed by atoms with van der Waals surface area (Å²) in [5.41, 5.74) is 0.0119. The molecule has 126 valence electrons. The number of hydrogen-bond acceptors (Lipinski definition) is 2. The molecule has 3 nitrogen and oxygen atoms in total. The number of amides is 1. The molecule has 1 amide bonds. The molecule has 0 spiro atoms. The van der Waals surface area contributed by atoms with E-state index in [4.69, 9.17) is 4.74 Å². The lowest BCUT2D eigenvalue weighted by atomic mass is 10.0. The van der Waals surface area contributed by atoms with Gasteiger partial charge in [0, 0.05) is 12.5 Å². The molecule has 0 aromatic heterocycles. The van der Waals surface area contributed by atoms with Crippen molar-refractivity contribution in [2.24, 2.45) is 5.92 Å². The van der Waals surface area contributed by atoms with Gasteiger partial charge in [0.05, 0.1) is 18.7 Å². The molecule has 0 unspecified atom stereocenters. The van der Waals surface area contributed by atoms with Crippen molar-refractivity contribution in [3.8, 4) is 0 Å². The third-order valence-corrected chi connectivity index (χ3v) is 4.69. The van der Waals surface area contributed by atoms with Crippen molar-refractivity contribution in [3.05, 3.63) is 35.4 Å². The lowest BCUT2D eigenvalue weighted by molar-refractivity contribution is -0.143. The van der Waals surface area contributed by atoms with Crippen LogP contribution >= 0.6 is 0 Å². The van der Waals surface area contributed by atoms with Crippen molar-refractivity contribution in [3.63, 3.8) is 0 Å². The standard InChI is InChI=1S/C17H20F3NO2/c18-17(19,20)14-7-5-12(6-8-14)15-11-21(9-10-23-15)16(22)13-3-1-2-4-13/h5-8,13,15H,1-4,9-11H2/t15-/m1/s1. The summed E-state index contributed by atoms with van der Waals surface area (Å²) >= 11 is 0.